The second-order valence-corrected chi connectivity index (χ2v) is 7.65. The van der Waals surface area contributed by atoms with Gasteiger partial charge in [-0.25, -0.2) is 13.1 Å². The van der Waals surface area contributed by atoms with Crippen LogP contribution in [0.4, 0.5) is 5.69 Å². The molecule has 128 valence electrons. The number of fused-ring (bicyclic) bond motifs is 1. The fraction of sp³-hybridized carbons (Fsp3) is 0.533. The summed E-state index contributed by atoms with van der Waals surface area (Å²) in [5.74, 6) is 0.163. The molecule has 2 heterocycles. The summed E-state index contributed by atoms with van der Waals surface area (Å²) in [5, 5.41) is 3.26. The van der Waals surface area contributed by atoms with E-state index in [1.165, 1.54) is 7.05 Å². The lowest BCUT2D eigenvalue weighted by Gasteiger charge is -2.27. The standard InChI is InChI=1S/C15H21N3O3S.ClH/c1-16-22(20,21)13-3-2-11-6-9-18(14(11)10-13)15(19)12-4-7-17-8-5-12;/h2-3,10,12,16-17H,4-9H2,1H3;1H. The second-order valence-electron chi connectivity index (χ2n) is 5.76. The highest BCUT2D eigenvalue weighted by Crippen LogP contribution is 2.32. The lowest BCUT2D eigenvalue weighted by Crippen LogP contribution is -2.40. The van der Waals surface area contributed by atoms with E-state index < -0.39 is 10.0 Å². The summed E-state index contributed by atoms with van der Waals surface area (Å²) in [5.41, 5.74) is 1.79. The number of piperidine rings is 1. The van der Waals surface area contributed by atoms with Crippen molar-refractivity contribution in [3.63, 3.8) is 0 Å². The van der Waals surface area contributed by atoms with Gasteiger partial charge in [0.1, 0.15) is 0 Å². The molecule has 0 bridgehead atoms. The minimum absolute atomic E-state index is 0. The first-order chi connectivity index (χ1) is 10.5. The molecule has 2 aliphatic rings. The number of nitrogens with zero attached hydrogens (tertiary/aromatic N) is 1. The molecule has 1 amide bonds. The Balaban J connectivity index is 0.00000192. The maximum Gasteiger partial charge on any atom is 0.240 e. The zero-order chi connectivity index (χ0) is 15.7. The number of carbonyl (C=O) groups excluding carboxylic acids is 1. The minimum Gasteiger partial charge on any atom is -0.317 e. The molecule has 6 nitrogen and oxygen atoms in total. The number of sulfonamides is 1. The molecule has 2 N–H and O–H groups in total. The monoisotopic (exact) mass is 359 g/mol. The smallest absolute Gasteiger partial charge is 0.240 e. The van der Waals surface area contributed by atoms with E-state index in [4.69, 9.17) is 0 Å². The number of hydrogen-bond donors (Lipinski definition) is 2. The van der Waals surface area contributed by atoms with E-state index >= 15 is 0 Å². The quantitative estimate of drug-likeness (QED) is 0.840. The molecular weight excluding hydrogens is 338 g/mol. The molecule has 23 heavy (non-hydrogen) atoms. The predicted octanol–water partition coefficient (Wildman–Crippen LogP) is 0.905. The number of amides is 1. The van der Waals surface area contributed by atoms with Crippen LogP contribution in [0.2, 0.25) is 0 Å². The van der Waals surface area contributed by atoms with Gasteiger partial charge in [0.2, 0.25) is 15.9 Å². The van der Waals surface area contributed by atoms with Gasteiger partial charge in [-0.3, -0.25) is 4.79 Å². The number of benzene rings is 1. The molecule has 1 saturated heterocycles. The van der Waals surface area contributed by atoms with Crippen LogP contribution in [-0.2, 0) is 21.2 Å². The van der Waals surface area contributed by atoms with Gasteiger partial charge in [-0.05, 0) is 57.1 Å². The Kier molecular flexibility index (Phi) is 5.67. The Morgan fingerprint density at radius 3 is 2.65 bits per heavy atom. The first kappa shape index (κ1) is 18.2. The molecule has 0 atom stereocenters. The van der Waals surface area contributed by atoms with Gasteiger partial charge in [0.15, 0.2) is 0 Å². The van der Waals surface area contributed by atoms with E-state index in [-0.39, 0.29) is 29.1 Å². The molecule has 0 saturated carbocycles. The summed E-state index contributed by atoms with van der Waals surface area (Å²) in [6.45, 7) is 2.37. The topological polar surface area (TPSA) is 78.5 Å². The lowest BCUT2D eigenvalue weighted by atomic mass is 9.96. The largest absolute Gasteiger partial charge is 0.317 e. The summed E-state index contributed by atoms with van der Waals surface area (Å²) in [4.78, 5) is 14.7. The van der Waals surface area contributed by atoms with E-state index in [9.17, 15) is 13.2 Å². The molecule has 0 unspecified atom stereocenters. The molecule has 0 radical (unpaired) electrons. The van der Waals surface area contributed by atoms with Crippen LogP contribution in [0.5, 0.6) is 0 Å². The summed E-state index contributed by atoms with van der Waals surface area (Å²) < 4.78 is 26.2. The molecule has 0 aliphatic carbocycles. The molecule has 0 spiro atoms. The summed E-state index contributed by atoms with van der Waals surface area (Å²) >= 11 is 0. The molecule has 1 aromatic carbocycles. The van der Waals surface area contributed by atoms with Gasteiger partial charge in [-0.1, -0.05) is 6.07 Å². The zero-order valence-electron chi connectivity index (χ0n) is 13.0. The summed E-state index contributed by atoms with van der Waals surface area (Å²) in [6.07, 6.45) is 2.48. The van der Waals surface area contributed by atoms with Crippen molar-refractivity contribution in [2.45, 2.75) is 24.2 Å². The number of halogens is 1. The summed E-state index contributed by atoms with van der Waals surface area (Å²) in [6, 6.07) is 5.03. The highest BCUT2D eigenvalue weighted by atomic mass is 35.5. The van der Waals surface area contributed by atoms with Gasteiger partial charge in [-0.15, -0.1) is 12.4 Å². The summed E-state index contributed by atoms with van der Waals surface area (Å²) in [7, 11) is -2.10. The second kappa shape index (κ2) is 7.17. The van der Waals surface area contributed by atoms with Crippen molar-refractivity contribution in [3.8, 4) is 0 Å². The van der Waals surface area contributed by atoms with Crippen molar-refractivity contribution in [3.05, 3.63) is 23.8 Å². The maximum atomic E-state index is 12.7. The fourth-order valence-corrected chi connectivity index (χ4v) is 3.91. The Bertz CT molecular complexity index is 687. The molecule has 1 fully saturated rings. The van der Waals surface area contributed by atoms with Gasteiger partial charge in [0.05, 0.1) is 4.90 Å². The average molecular weight is 360 g/mol. The SMILES string of the molecule is CNS(=O)(=O)c1ccc2c(c1)N(C(=O)C1CCNCC1)CC2.Cl. The fourth-order valence-electron chi connectivity index (χ4n) is 3.16. The molecule has 2 aliphatic heterocycles. The molecular formula is C15H22ClN3O3S. The highest BCUT2D eigenvalue weighted by molar-refractivity contribution is 7.89. The van der Waals surface area contributed by atoms with Crippen molar-refractivity contribution >= 4 is 34.0 Å². The van der Waals surface area contributed by atoms with Gasteiger partial charge in [0, 0.05) is 18.2 Å². The average Bonchev–Trinajstić information content (AvgIpc) is 2.98. The van der Waals surface area contributed by atoms with E-state index in [1.807, 2.05) is 6.07 Å². The molecule has 3 rings (SSSR count). The predicted molar refractivity (Wildman–Crippen MR) is 91.6 cm³/mol. The Hall–Kier alpha value is -1.15. The van der Waals surface area contributed by atoms with Crippen molar-refractivity contribution in [1.29, 1.82) is 0 Å². The lowest BCUT2D eigenvalue weighted by molar-refractivity contribution is -0.123. The van der Waals surface area contributed by atoms with Crippen molar-refractivity contribution < 1.29 is 13.2 Å². The van der Waals surface area contributed by atoms with Crippen molar-refractivity contribution in [2.24, 2.45) is 5.92 Å². The zero-order valence-corrected chi connectivity index (χ0v) is 14.7. The number of nitrogens with one attached hydrogen (secondary N) is 2. The third-order valence-corrected chi connectivity index (χ3v) is 5.90. The number of hydrogen-bond acceptors (Lipinski definition) is 4. The first-order valence-corrected chi connectivity index (χ1v) is 9.10. The minimum atomic E-state index is -3.49. The van der Waals surface area contributed by atoms with E-state index in [0.717, 1.165) is 43.6 Å². The van der Waals surface area contributed by atoms with Gasteiger partial charge in [0.25, 0.3) is 0 Å². The number of rotatable bonds is 3. The molecule has 8 heteroatoms. The van der Waals surface area contributed by atoms with Crippen LogP contribution in [0.1, 0.15) is 18.4 Å². The van der Waals surface area contributed by atoms with Crippen LogP contribution < -0.4 is 14.9 Å². The van der Waals surface area contributed by atoms with Gasteiger partial charge < -0.3 is 10.2 Å². The van der Waals surface area contributed by atoms with Crippen molar-refractivity contribution in [1.82, 2.24) is 10.0 Å². The van der Waals surface area contributed by atoms with Gasteiger partial charge in [-0.2, -0.15) is 0 Å². The Morgan fingerprint density at radius 1 is 1.30 bits per heavy atom. The van der Waals surface area contributed by atoms with Crippen LogP contribution in [0, 0.1) is 5.92 Å². The third-order valence-electron chi connectivity index (χ3n) is 4.49. The van der Waals surface area contributed by atoms with E-state index in [1.54, 1.807) is 17.0 Å². The van der Waals surface area contributed by atoms with Crippen LogP contribution in [0.25, 0.3) is 0 Å². The van der Waals surface area contributed by atoms with Crippen LogP contribution in [0.15, 0.2) is 23.1 Å². The van der Waals surface area contributed by atoms with Crippen LogP contribution in [-0.4, -0.2) is 41.0 Å². The van der Waals surface area contributed by atoms with Crippen LogP contribution >= 0.6 is 12.4 Å². The molecule has 1 aromatic rings. The van der Waals surface area contributed by atoms with E-state index in [0.29, 0.717) is 6.54 Å². The van der Waals surface area contributed by atoms with Gasteiger partial charge >= 0.3 is 0 Å². The third kappa shape index (κ3) is 3.52. The Labute approximate surface area is 143 Å². The Morgan fingerprint density at radius 2 is 2.00 bits per heavy atom. The van der Waals surface area contributed by atoms with Crippen LogP contribution in [0.3, 0.4) is 0 Å². The highest BCUT2D eigenvalue weighted by Gasteiger charge is 2.31. The number of anilines is 1. The maximum absolute atomic E-state index is 12.7. The normalized spacial score (nSPS) is 18.4. The van der Waals surface area contributed by atoms with E-state index in [2.05, 4.69) is 10.0 Å². The van der Waals surface area contributed by atoms with Crippen molar-refractivity contribution in [2.75, 3.05) is 31.6 Å². The molecule has 0 aromatic heterocycles. The number of carbonyl (C=O) groups is 1. The first-order valence-electron chi connectivity index (χ1n) is 7.61.